The number of amides is 2. The number of benzene rings is 4. The third-order valence-electron chi connectivity index (χ3n) is 9.25. The molecule has 3 N–H and O–H groups in total. The fourth-order valence-corrected chi connectivity index (χ4v) is 6.72. The van der Waals surface area contributed by atoms with Crippen LogP contribution in [0.3, 0.4) is 0 Å². The fraction of sp³-hybridized carbons (Fsp3) is 0.359. The third kappa shape index (κ3) is 7.66. The van der Waals surface area contributed by atoms with Crippen molar-refractivity contribution in [2.45, 2.75) is 57.5 Å². The van der Waals surface area contributed by atoms with Crippen molar-refractivity contribution in [2.24, 2.45) is 0 Å². The molecule has 0 aliphatic carbocycles. The Morgan fingerprint density at radius 3 is 2.17 bits per heavy atom. The van der Waals surface area contributed by atoms with Crippen LogP contribution in [0.25, 0.3) is 0 Å². The maximum atomic E-state index is 11.9. The topological polar surface area (TPSA) is 102 Å². The number of nitrogens with zero attached hydrogens (tertiary/aromatic N) is 1. The molecule has 6 rings (SSSR count). The molecule has 2 aliphatic heterocycles. The second-order valence-corrected chi connectivity index (χ2v) is 12.3. The zero-order valence-electron chi connectivity index (χ0n) is 27.9. The van der Waals surface area contributed by atoms with E-state index in [2.05, 4.69) is 64.1 Å². The predicted molar refractivity (Wildman–Crippen MR) is 184 cm³/mol. The summed E-state index contributed by atoms with van der Waals surface area (Å²) in [4.78, 5) is 14.4. The first kappa shape index (κ1) is 33.5. The Morgan fingerprint density at radius 1 is 0.833 bits per heavy atom. The maximum Gasteiger partial charge on any atom is 0.315 e. The summed E-state index contributed by atoms with van der Waals surface area (Å²) in [6, 6.07) is 30.5. The first-order valence-corrected chi connectivity index (χ1v) is 16.6. The fourth-order valence-electron chi connectivity index (χ4n) is 6.72. The highest BCUT2D eigenvalue weighted by Gasteiger charge is 2.42. The number of ether oxygens (including phenoxy) is 4. The molecule has 48 heavy (non-hydrogen) atoms. The molecular formula is C39H45N3O6. The van der Waals surface area contributed by atoms with Gasteiger partial charge in [0.05, 0.1) is 33.0 Å². The molecule has 1 unspecified atom stereocenters. The van der Waals surface area contributed by atoms with Gasteiger partial charge in [-0.15, -0.1) is 0 Å². The molecule has 2 aliphatic rings. The summed E-state index contributed by atoms with van der Waals surface area (Å²) in [5.74, 6) is 1.40. The summed E-state index contributed by atoms with van der Waals surface area (Å²) < 4.78 is 25.0. The van der Waals surface area contributed by atoms with E-state index in [1.165, 1.54) is 11.1 Å². The standard InChI is InChI=1S/C39H45N3O6/c1-4-40-39(44)41-22-26-10-16-30(17-11-26)38-47-35(24-42-19-18-31-20-33(45-2)34(46-3)21-32(31)23-42)36(28-8-6-5-7-9-28)37(48-38)29-14-12-27(25-43)13-15-29/h5-17,20-21,35-38,43H,4,18-19,22-25H2,1-3H3,(H2,40,41,44)/t35-,36-,37+,38?/m1/s1. The Bertz CT molecular complexity index is 1650. The minimum atomic E-state index is -0.607. The summed E-state index contributed by atoms with van der Waals surface area (Å²) in [5.41, 5.74) is 7.42. The van der Waals surface area contributed by atoms with Gasteiger partial charge in [-0.25, -0.2) is 4.79 Å². The minimum Gasteiger partial charge on any atom is -0.493 e. The molecule has 9 heteroatoms. The van der Waals surface area contributed by atoms with Gasteiger partial charge in [-0.2, -0.15) is 0 Å². The van der Waals surface area contributed by atoms with Crippen LogP contribution in [0.5, 0.6) is 11.5 Å². The summed E-state index contributed by atoms with van der Waals surface area (Å²) in [5, 5.41) is 15.4. The first-order chi connectivity index (χ1) is 23.5. The Kier molecular flexibility index (Phi) is 10.9. The zero-order chi connectivity index (χ0) is 33.5. The molecular weight excluding hydrogens is 606 g/mol. The molecule has 0 saturated carbocycles. The largest absolute Gasteiger partial charge is 0.493 e. The first-order valence-electron chi connectivity index (χ1n) is 16.6. The molecule has 9 nitrogen and oxygen atoms in total. The smallest absolute Gasteiger partial charge is 0.315 e. The average Bonchev–Trinajstić information content (AvgIpc) is 3.13. The average molecular weight is 652 g/mol. The van der Waals surface area contributed by atoms with Gasteiger partial charge in [-0.3, -0.25) is 4.90 Å². The van der Waals surface area contributed by atoms with Gasteiger partial charge < -0.3 is 34.7 Å². The van der Waals surface area contributed by atoms with Gasteiger partial charge in [0.15, 0.2) is 17.8 Å². The van der Waals surface area contributed by atoms with E-state index < -0.39 is 6.29 Å². The SMILES string of the molecule is CCNC(=O)NCc1ccc(C2O[C@H](CN3CCc4cc(OC)c(OC)cc4C3)[C@@H](c3ccccc3)[C@H](c3ccc(CO)cc3)O2)cc1. The highest BCUT2D eigenvalue weighted by molar-refractivity contribution is 5.73. The Morgan fingerprint density at radius 2 is 1.50 bits per heavy atom. The van der Waals surface area contributed by atoms with Crippen LogP contribution in [-0.2, 0) is 35.6 Å². The van der Waals surface area contributed by atoms with Crippen molar-refractivity contribution in [1.82, 2.24) is 15.5 Å². The molecule has 4 aromatic rings. The maximum absolute atomic E-state index is 11.9. The van der Waals surface area contributed by atoms with Crippen LogP contribution in [0.15, 0.2) is 91.0 Å². The van der Waals surface area contributed by atoms with E-state index >= 15 is 0 Å². The minimum absolute atomic E-state index is 0.0172. The number of hydrogen-bond acceptors (Lipinski definition) is 7. The van der Waals surface area contributed by atoms with Crippen LogP contribution < -0.4 is 20.1 Å². The van der Waals surface area contributed by atoms with E-state index in [0.717, 1.165) is 58.8 Å². The molecule has 4 aromatic carbocycles. The van der Waals surface area contributed by atoms with E-state index in [-0.39, 0.29) is 30.8 Å². The molecule has 2 heterocycles. The normalized spacial score (nSPS) is 20.8. The lowest BCUT2D eigenvalue weighted by Gasteiger charge is -2.45. The predicted octanol–water partition coefficient (Wildman–Crippen LogP) is 6.01. The van der Waals surface area contributed by atoms with Crippen LogP contribution in [0.4, 0.5) is 4.79 Å². The molecule has 1 fully saturated rings. The number of nitrogens with one attached hydrogen (secondary N) is 2. The summed E-state index contributed by atoms with van der Waals surface area (Å²) in [6.07, 6.45) is -0.209. The highest BCUT2D eigenvalue weighted by Crippen LogP contribution is 2.47. The van der Waals surface area contributed by atoms with Crippen LogP contribution in [0.1, 0.15) is 64.2 Å². The second kappa shape index (κ2) is 15.7. The van der Waals surface area contributed by atoms with Gasteiger partial charge in [0.25, 0.3) is 0 Å². The van der Waals surface area contributed by atoms with Gasteiger partial charge in [0.1, 0.15) is 0 Å². The Hall–Kier alpha value is -4.41. The lowest BCUT2D eigenvalue weighted by molar-refractivity contribution is -0.263. The van der Waals surface area contributed by atoms with Gasteiger partial charge in [-0.1, -0.05) is 78.9 Å². The number of methoxy groups -OCH3 is 2. The number of rotatable bonds is 11. The van der Waals surface area contributed by atoms with Crippen LogP contribution in [0.2, 0.25) is 0 Å². The molecule has 0 aromatic heterocycles. The number of urea groups is 1. The molecule has 2 amide bonds. The number of hydrogen-bond donors (Lipinski definition) is 3. The number of aliphatic hydroxyl groups excluding tert-OH is 1. The Balaban J connectivity index is 1.31. The molecule has 252 valence electrons. The molecule has 0 spiro atoms. The monoisotopic (exact) mass is 651 g/mol. The van der Waals surface area contributed by atoms with Gasteiger partial charge in [0, 0.05) is 44.2 Å². The van der Waals surface area contributed by atoms with Crippen molar-refractivity contribution in [1.29, 1.82) is 0 Å². The highest BCUT2D eigenvalue weighted by atomic mass is 16.7. The summed E-state index contributed by atoms with van der Waals surface area (Å²) in [6.45, 7) is 5.22. The zero-order valence-corrected chi connectivity index (χ0v) is 27.9. The summed E-state index contributed by atoms with van der Waals surface area (Å²) >= 11 is 0. The lowest BCUT2D eigenvalue weighted by atomic mass is 9.82. The quantitative estimate of drug-likeness (QED) is 0.183. The molecule has 1 saturated heterocycles. The van der Waals surface area contributed by atoms with Crippen LogP contribution in [-0.4, -0.2) is 56.0 Å². The van der Waals surface area contributed by atoms with E-state index in [4.69, 9.17) is 18.9 Å². The number of aliphatic hydroxyl groups is 1. The molecule has 4 atom stereocenters. The third-order valence-corrected chi connectivity index (χ3v) is 9.25. The van der Waals surface area contributed by atoms with Crippen molar-refractivity contribution < 1.29 is 28.8 Å². The van der Waals surface area contributed by atoms with Crippen LogP contribution >= 0.6 is 0 Å². The van der Waals surface area contributed by atoms with Crippen molar-refractivity contribution in [2.75, 3.05) is 33.9 Å². The molecule has 0 bridgehead atoms. The lowest BCUT2D eigenvalue weighted by Crippen LogP contribution is -2.45. The second-order valence-electron chi connectivity index (χ2n) is 12.3. The van der Waals surface area contributed by atoms with Gasteiger partial charge >= 0.3 is 6.03 Å². The van der Waals surface area contributed by atoms with E-state index in [0.29, 0.717) is 19.6 Å². The van der Waals surface area contributed by atoms with E-state index in [1.54, 1.807) is 14.2 Å². The summed E-state index contributed by atoms with van der Waals surface area (Å²) in [7, 11) is 3.34. The van der Waals surface area contributed by atoms with E-state index in [9.17, 15) is 9.90 Å². The van der Waals surface area contributed by atoms with Crippen molar-refractivity contribution >= 4 is 6.03 Å². The van der Waals surface area contributed by atoms with Gasteiger partial charge in [-0.05, 0) is 58.9 Å². The number of carbonyl (C=O) groups excluding carboxylic acids is 1. The van der Waals surface area contributed by atoms with Crippen molar-refractivity contribution in [3.8, 4) is 11.5 Å². The molecule has 0 radical (unpaired) electrons. The van der Waals surface area contributed by atoms with Gasteiger partial charge in [0.2, 0.25) is 0 Å². The number of carbonyl (C=O) groups is 1. The van der Waals surface area contributed by atoms with Crippen LogP contribution in [0, 0.1) is 0 Å². The Labute approximate surface area is 282 Å². The van der Waals surface area contributed by atoms with E-state index in [1.807, 2.05) is 49.4 Å². The van der Waals surface area contributed by atoms with Crippen molar-refractivity contribution in [3.05, 3.63) is 130 Å². The number of fused-ring (bicyclic) bond motifs is 1. The van der Waals surface area contributed by atoms with Crippen molar-refractivity contribution in [3.63, 3.8) is 0 Å².